The molecule has 0 bridgehead atoms. The first-order valence-electron chi connectivity index (χ1n) is 6.17. The van der Waals surface area contributed by atoms with Gasteiger partial charge in [0.05, 0.1) is 11.7 Å². The molecule has 0 fully saturated rings. The fourth-order valence-corrected chi connectivity index (χ4v) is 2.50. The third-order valence-corrected chi connectivity index (χ3v) is 3.74. The van der Waals surface area contributed by atoms with Crippen LogP contribution in [0.15, 0.2) is 46.9 Å². The van der Waals surface area contributed by atoms with E-state index in [1.54, 1.807) is 42.3 Å². The second kappa shape index (κ2) is 6.33. The van der Waals surface area contributed by atoms with Crippen molar-refractivity contribution in [1.82, 2.24) is 0 Å². The molecule has 2 rings (SSSR count). The number of hydrogen-bond donors (Lipinski definition) is 1. The lowest BCUT2D eigenvalue weighted by Gasteiger charge is -2.30. The Bertz CT molecular complexity index is 604. The standard InChI is InChI=1S/C15H15BrF2N2/c1-20(14-5-3-2-4-12(14)17)15(9-19)11-7-6-10(16)8-13(11)18/h2-8,15H,9,19H2,1H3. The summed E-state index contributed by atoms with van der Waals surface area (Å²) in [7, 11) is 1.71. The summed E-state index contributed by atoms with van der Waals surface area (Å²) < 4.78 is 28.5. The Morgan fingerprint density at radius 3 is 2.45 bits per heavy atom. The van der Waals surface area contributed by atoms with Crippen molar-refractivity contribution in [3.8, 4) is 0 Å². The summed E-state index contributed by atoms with van der Waals surface area (Å²) in [4.78, 5) is 1.65. The molecule has 0 saturated heterocycles. The average Bonchev–Trinajstić information content (AvgIpc) is 2.42. The molecule has 1 unspecified atom stereocenters. The molecular formula is C15H15BrF2N2. The van der Waals surface area contributed by atoms with Gasteiger partial charge in [-0.1, -0.05) is 34.1 Å². The van der Waals surface area contributed by atoms with E-state index in [4.69, 9.17) is 5.73 Å². The van der Waals surface area contributed by atoms with Crippen molar-refractivity contribution in [1.29, 1.82) is 0 Å². The Morgan fingerprint density at radius 2 is 1.85 bits per heavy atom. The number of benzene rings is 2. The molecule has 5 heteroatoms. The number of nitrogens with zero attached hydrogens (tertiary/aromatic N) is 1. The van der Waals surface area contributed by atoms with E-state index in [9.17, 15) is 8.78 Å². The van der Waals surface area contributed by atoms with E-state index in [1.165, 1.54) is 12.1 Å². The lowest BCUT2D eigenvalue weighted by atomic mass is 10.0. The highest BCUT2D eigenvalue weighted by Crippen LogP contribution is 2.29. The summed E-state index contributed by atoms with van der Waals surface area (Å²) in [6.07, 6.45) is 0. The Kier molecular flexibility index (Phi) is 4.73. The summed E-state index contributed by atoms with van der Waals surface area (Å²) in [5, 5.41) is 0. The number of rotatable bonds is 4. The minimum Gasteiger partial charge on any atom is -0.364 e. The van der Waals surface area contributed by atoms with Gasteiger partial charge in [0.1, 0.15) is 11.6 Å². The van der Waals surface area contributed by atoms with Crippen molar-refractivity contribution in [3.05, 3.63) is 64.1 Å². The van der Waals surface area contributed by atoms with Gasteiger partial charge in [-0.25, -0.2) is 8.78 Å². The Morgan fingerprint density at radius 1 is 1.15 bits per heavy atom. The van der Waals surface area contributed by atoms with Gasteiger partial charge in [-0.2, -0.15) is 0 Å². The van der Waals surface area contributed by atoms with E-state index < -0.39 is 6.04 Å². The molecule has 0 amide bonds. The van der Waals surface area contributed by atoms with Crippen LogP contribution in [0.4, 0.5) is 14.5 Å². The van der Waals surface area contributed by atoms with E-state index in [2.05, 4.69) is 15.9 Å². The first kappa shape index (κ1) is 14.9. The summed E-state index contributed by atoms with van der Waals surface area (Å²) >= 11 is 3.22. The summed E-state index contributed by atoms with van der Waals surface area (Å²) in [6.45, 7) is 0.184. The zero-order chi connectivity index (χ0) is 14.7. The highest BCUT2D eigenvalue weighted by molar-refractivity contribution is 9.10. The molecule has 2 aromatic rings. The van der Waals surface area contributed by atoms with Gasteiger partial charge < -0.3 is 10.6 Å². The van der Waals surface area contributed by atoms with Crippen molar-refractivity contribution < 1.29 is 8.78 Å². The van der Waals surface area contributed by atoms with Crippen LogP contribution in [-0.2, 0) is 0 Å². The molecule has 0 aliphatic rings. The van der Waals surface area contributed by atoms with Crippen LogP contribution < -0.4 is 10.6 Å². The molecule has 0 saturated carbocycles. The van der Waals surface area contributed by atoms with Gasteiger partial charge in [0.15, 0.2) is 0 Å². The van der Waals surface area contributed by atoms with Crippen molar-refractivity contribution in [2.75, 3.05) is 18.5 Å². The molecule has 2 nitrogen and oxygen atoms in total. The first-order chi connectivity index (χ1) is 9.54. The Hall–Kier alpha value is -1.46. The summed E-state index contributed by atoms with van der Waals surface area (Å²) in [6, 6.07) is 10.7. The highest BCUT2D eigenvalue weighted by Gasteiger charge is 2.21. The average molecular weight is 341 g/mol. The number of hydrogen-bond acceptors (Lipinski definition) is 2. The highest BCUT2D eigenvalue weighted by atomic mass is 79.9. The minimum absolute atomic E-state index is 0.184. The maximum atomic E-state index is 14.1. The number of likely N-dealkylation sites (N-methyl/N-ethyl adjacent to an activating group) is 1. The van der Waals surface area contributed by atoms with Gasteiger partial charge in [-0.15, -0.1) is 0 Å². The van der Waals surface area contributed by atoms with Crippen LogP contribution in [0, 0.1) is 11.6 Å². The van der Waals surface area contributed by atoms with Gasteiger partial charge in [-0.05, 0) is 24.3 Å². The topological polar surface area (TPSA) is 29.3 Å². The maximum Gasteiger partial charge on any atom is 0.146 e. The smallest absolute Gasteiger partial charge is 0.146 e. The molecule has 2 N–H and O–H groups in total. The monoisotopic (exact) mass is 340 g/mol. The minimum atomic E-state index is -0.431. The normalized spacial score (nSPS) is 12.2. The lowest BCUT2D eigenvalue weighted by Crippen LogP contribution is -2.31. The van der Waals surface area contributed by atoms with E-state index in [0.29, 0.717) is 15.7 Å². The quantitative estimate of drug-likeness (QED) is 0.915. The molecule has 0 aliphatic heterocycles. The molecule has 20 heavy (non-hydrogen) atoms. The van der Waals surface area contributed by atoms with Crippen LogP contribution in [-0.4, -0.2) is 13.6 Å². The summed E-state index contributed by atoms with van der Waals surface area (Å²) in [5.74, 6) is -0.719. The first-order valence-corrected chi connectivity index (χ1v) is 6.96. The zero-order valence-corrected chi connectivity index (χ0v) is 12.6. The second-order valence-corrected chi connectivity index (χ2v) is 5.40. The fraction of sp³-hybridized carbons (Fsp3) is 0.200. The van der Waals surface area contributed by atoms with E-state index in [-0.39, 0.29) is 18.2 Å². The van der Waals surface area contributed by atoms with Gasteiger partial charge in [0.25, 0.3) is 0 Å². The number of anilines is 1. The van der Waals surface area contributed by atoms with Crippen LogP contribution in [0.3, 0.4) is 0 Å². The van der Waals surface area contributed by atoms with Crippen molar-refractivity contribution in [3.63, 3.8) is 0 Å². The lowest BCUT2D eigenvalue weighted by molar-refractivity contribution is 0.562. The van der Waals surface area contributed by atoms with E-state index >= 15 is 0 Å². The zero-order valence-electron chi connectivity index (χ0n) is 11.0. The molecule has 2 aromatic carbocycles. The van der Waals surface area contributed by atoms with Gasteiger partial charge >= 0.3 is 0 Å². The van der Waals surface area contributed by atoms with Crippen LogP contribution in [0.1, 0.15) is 11.6 Å². The molecule has 0 aliphatic carbocycles. The van der Waals surface area contributed by atoms with Gasteiger partial charge in [-0.3, -0.25) is 0 Å². The predicted molar refractivity (Wildman–Crippen MR) is 80.7 cm³/mol. The Labute approximate surface area is 125 Å². The fourth-order valence-electron chi connectivity index (χ4n) is 2.17. The van der Waals surface area contributed by atoms with Gasteiger partial charge in [0, 0.05) is 23.6 Å². The van der Waals surface area contributed by atoms with Gasteiger partial charge in [0.2, 0.25) is 0 Å². The number of halogens is 3. The third kappa shape index (κ3) is 2.99. The van der Waals surface area contributed by atoms with Crippen molar-refractivity contribution >= 4 is 21.6 Å². The van der Waals surface area contributed by atoms with E-state index in [0.717, 1.165) is 0 Å². The predicted octanol–water partition coefficient (Wildman–Crippen LogP) is 3.86. The summed E-state index contributed by atoms with van der Waals surface area (Å²) in [5.41, 5.74) is 6.60. The van der Waals surface area contributed by atoms with Crippen molar-refractivity contribution in [2.45, 2.75) is 6.04 Å². The molecular weight excluding hydrogens is 326 g/mol. The van der Waals surface area contributed by atoms with Crippen LogP contribution >= 0.6 is 15.9 Å². The number of nitrogens with two attached hydrogens (primary N) is 1. The van der Waals surface area contributed by atoms with Crippen LogP contribution in [0.2, 0.25) is 0 Å². The van der Waals surface area contributed by atoms with Crippen LogP contribution in [0.25, 0.3) is 0 Å². The SMILES string of the molecule is CN(c1ccccc1F)C(CN)c1ccc(Br)cc1F. The third-order valence-electron chi connectivity index (χ3n) is 3.24. The molecule has 1 atom stereocenters. The van der Waals surface area contributed by atoms with Crippen molar-refractivity contribution in [2.24, 2.45) is 5.73 Å². The molecule has 0 spiro atoms. The Balaban J connectivity index is 2.39. The molecule has 0 radical (unpaired) electrons. The molecule has 106 valence electrons. The number of para-hydroxylation sites is 1. The molecule has 0 aromatic heterocycles. The second-order valence-electron chi connectivity index (χ2n) is 4.48. The van der Waals surface area contributed by atoms with E-state index in [1.807, 2.05) is 0 Å². The largest absolute Gasteiger partial charge is 0.364 e. The molecule has 0 heterocycles. The maximum absolute atomic E-state index is 14.1. The van der Waals surface area contributed by atoms with Crippen LogP contribution in [0.5, 0.6) is 0 Å².